The van der Waals surface area contributed by atoms with E-state index in [0.29, 0.717) is 22.4 Å². The van der Waals surface area contributed by atoms with Crippen LogP contribution in [0.1, 0.15) is 18.9 Å². The molecule has 0 aliphatic heterocycles. The molecule has 0 bridgehead atoms. The lowest BCUT2D eigenvalue weighted by atomic mass is 10.2. The third-order valence-corrected chi connectivity index (χ3v) is 5.41. The fourth-order valence-electron chi connectivity index (χ4n) is 1.96. The molecule has 3 rings (SSSR count). The standard InChI is InChI=1S/C14H14FN3OS2/c1-8-6-10(8)12(19)16-13-17-18-14(21-13)20-7-9-4-2-3-5-11(9)15/h2-5,8,10H,6-7H2,1H3,(H,16,17,19)/t8-,10-/m0/s1. The fraction of sp³-hybridized carbons (Fsp3) is 0.357. The number of rotatable bonds is 5. The summed E-state index contributed by atoms with van der Waals surface area (Å²) in [5, 5.41) is 11.2. The van der Waals surface area contributed by atoms with Crippen LogP contribution in [0.25, 0.3) is 0 Å². The summed E-state index contributed by atoms with van der Waals surface area (Å²) in [7, 11) is 0. The minimum atomic E-state index is -0.217. The van der Waals surface area contributed by atoms with Crippen LogP contribution in [-0.2, 0) is 10.5 Å². The molecule has 4 nitrogen and oxygen atoms in total. The van der Waals surface area contributed by atoms with E-state index in [0.717, 1.165) is 10.8 Å². The van der Waals surface area contributed by atoms with Crippen LogP contribution in [0.15, 0.2) is 28.6 Å². The minimum absolute atomic E-state index is 0.0179. The number of nitrogens with zero attached hydrogens (tertiary/aromatic N) is 2. The molecule has 0 saturated heterocycles. The van der Waals surface area contributed by atoms with Crippen LogP contribution in [0.2, 0.25) is 0 Å². The molecule has 7 heteroatoms. The number of benzene rings is 1. The highest BCUT2D eigenvalue weighted by Gasteiger charge is 2.39. The second kappa shape index (κ2) is 6.11. The Morgan fingerprint density at radius 2 is 2.24 bits per heavy atom. The third-order valence-electron chi connectivity index (χ3n) is 3.39. The van der Waals surface area contributed by atoms with E-state index in [2.05, 4.69) is 22.4 Å². The van der Waals surface area contributed by atoms with Gasteiger partial charge in [0.2, 0.25) is 11.0 Å². The maximum atomic E-state index is 13.5. The number of carbonyl (C=O) groups is 1. The Morgan fingerprint density at radius 1 is 1.48 bits per heavy atom. The monoisotopic (exact) mass is 323 g/mol. The summed E-state index contributed by atoms with van der Waals surface area (Å²) in [6.07, 6.45) is 0.944. The van der Waals surface area contributed by atoms with E-state index in [1.807, 2.05) is 6.07 Å². The van der Waals surface area contributed by atoms with E-state index in [9.17, 15) is 9.18 Å². The summed E-state index contributed by atoms with van der Waals surface area (Å²) in [6.45, 7) is 2.06. The first-order valence-corrected chi connectivity index (χ1v) is 8.44. The molecule has 1 saturated carbocycles. The molecule has 1 fully saturated rings. The Kier molecular flexibility index (Phi) is 4.21. The van der Waals surface area contributed by atoms with Gasteiger partial charge < -0.3 is 5.32 Å². The molecule has 21 heavy (non-hydrogen) atoms. The molecule has 1 heterocycles. The van der Waals surface area contributed by atoms with E-state index < -0.39 is 0 Å². The maximum Gasteiger partial charge on any atom is 0.229 e. The smallest absolute Gasteiger partial charge is 0.229 e. The molecule has 0 radical (unpaired) electrons. The Labute approximate surface area is 130 Å². The molecule has 110 valence electrons. The molecule has 2 atom stereocenters. The van der Waals surface area contributed by atoms with Gasteiger partial charge in [0.1, 0.15) is 5.82 Å². The molecule has 0 spiro atoms. The largest absolute Gasteiger partial charge is 0.300 e. The lowest BCUT2D eigenvalue weighted by molar-refractivity contribution is -0.117. The molecule has 1 aliphatic rings. The van der Waals surface area contributed by atoms with Gasteiger partial charge in [0.15, 0.2) is 4.34 Å². The highest BCUT2D eigenvalue weighted by molar-refractivity contribution is 8.00. The summed E-state index contributed by atoms with van der Waals surface area (Å²) in [5.74, 6) is 0.876. The molecule has 1 aromatic heterocycles. The van der Waals surface area contributed by atoms with Gasteiger partial charge >= 0.3 is 0 Å². The zero-order chi connectivity index (χ0) is 14.8. The SMILES string of the molecule is C[C@H]1C[C@@H]1C(=O)Nc1nnc(SCc2ccccc2F)s1. The zero-order valence-electron chi connectivity index (χ0n) is 11.4. The highest BCUT2D eigenvalue weighted by atomic mass is 32.2. The van der Waals surface area contributed by atoms with Crippen molar-refractivity contribution >= 4 is 34.1 Å². The van der Waals surface area contributed by atoms with E-state index >= 15 is 0 Å². The first kappa shape index (κ1) is 14.5. The number of anilines is 1. The lowest BCUT2D eigenvalue weighted by Gasteiger charge is -1.99. The lowest BCUT2D eigenvalue weighted by Crippen LogP contribution is -2.14. The molecular formula is C14H14FN3OS2. The topological polar surface area (TPSA) is 54.9 Å². The van der Waals surface area contributed by atoms with Crippen LogP contribution in [0.3, 0.4) is 0 Å². The van der Waals surface area contributed by atoms with Gasteiger partial charge in [-0.15, -0.1) is 10.2 Å². The zero-order valence-corrected chi connectivity index (χ0v) is 13.0. The Morgan fingerprint density at radius 3 is 2.95 bits per heavy atom. The van der Waals surface area contributed by atoms with Gasteiger partial charge in [-0.05, 0) is 24.0 Å². The molecule has 0 unspecified atom stereocenters. The summed E-state index contributed by atoms with van der Waals surface area (Å²) in [6, 6.07) is 6.67. The second-order valence-corrected chi connectivity index (χ2v) is 7.26. The Hall–Kier alpha value is -1.47. The van der Waals surface area contributed by atoms with Crippen molar-refractivity contribution in [3.63, 3.8) is 0 Å². The predicted octanol–water partition coefficient (Wildman–Crippen LogP) is 3.56. The maximum absolute atomic E-state index is 13.5. The van der Waals surface area contributed by atoms with Gasteiger partial charge in [-0.3, -0.25) is 4.79 Å². The van der Waals surface area contributed by atoms with Crippen molar-refractivity contribution in [3.05, 3.63) is 35.6 Å². The fourth-order valence-corrected chi connectivity index (χ4v) is 3.70. The van der Waals surface area contributed by atoms with Gasteiger partial charge in [-0.25, -0.2) is 4.39 Å². The van der Waals surface area contributed by atoms with Gasteiger partial charge in [-0.1, -0.05) is 48.2 Å². The first-order chi connectivity index (χ1) is 10.1. The van der Waals surface area contributed by atoms with Gasteiger partial charge in [-0.2, -0.15) is 0 Å². The number of hydrogen-bond acceptors (Lipinski definition) is 5. The second-order valence-electron chi connectivity index (χ2n) is 5.06. The third kappa shape index (κ3) is 3.59. The molecule has 1 aliphatic carbocycles. The Balaban J connectivity index is 1.55. The van der Waals surface area contributed by atoms with E-state index in [4.69, 9.17) is 0 Å². The average Bonchev–Trinajstić information content (AvgIpc) is 3.04. The normalized spacial score (nSPS) is 20.3. The molecule has 1 aromatic carbocycles. The van der Waals surface area contributed by atoms with Crippen LogP contribution in [0.5, 0.6) is 0 Å². The van der Waals surface area contributed by atoms with Gasteiger partial charge in [0.25, 0.3) is 0 Å². The number of thioether (sulfide) groups is 1. The average molecular weight is 323 g/mol. The molecule has 1 amide bonds. The summed E-state index contributed by atoms with van der Waals surface area (Å²) < 4.78 is 14.2. The number of aromatic nitrogens is 2. The van der Waals surface area contributed by atoms with Gasteiger partial charge in [0.05, 0.1) is 0 Å². The Bertz CT molecular complexity index is 661. The van der Waals surface area contributed by atoms with Crippen molar-refractivity contribution < 1.29 is 9.18 Å². The van der Waals surface area contributed by atoms with Crippen LogP contribution in [0.4, 0.5) is 9.52 Å². The van der Waals surface area contributed by atoms with Crippen LogP contribution >= 0.6 is 23.1 Å². The summed E-state index contributed by atoms with van der Waals surface area (Å²) in [4.78, 5) is 11.8. The van der Waals surface area contributed by atoms with Crippen LogP contribution in [0, 0.1) is 17.7 Å². The van der Waals surface area contributed by atoms with Gasteiger partial charge in [0, 0.05) is 11.7 Å². The van der Waals surface area contributed by atoms with Crippen molar-refractivity contribution in [3.8, 4) is 0 Å². The van der Waals surface area contributed by atoms with E-state index in [1.165, 1.54) is 29.2 Å². The molecule has 2 aromatic rings. The minimum Gasteiger partial charge on any atom is -0.300 e. The highest BCUT2D eigenvalue weighted by Crippen LogP contribution is 2.39. The van der Waals surface area contributed by atoms with Crippen LogP contribution in [-0.4, -0.2) is 16.1 Å². The number of halogens is 1. The summed E-state index contributed by atoms with van der Waals surface area (Å²) >= 11 is 2.73. The number of carbonyl (C=O) groups excluding carboxylic acids is 1. The number of hydrogen-bond donors (Lipinski definition) is 1. The van der Waals surface area contributed by atoms with Crippen molar-refractivity contribution in [1.29, 1.82) is 0 Å². The quantitative estimate of drug-likeness (QED) is 0.675. The van der Waals surface area contributed by atoms with E-state index in [1.54, 1.807) is 12.1 Å². The van der Waals surface area contributed by atoms with Crippen molar-refractivity contribution in [1.82, 2.24) is 10.2 Å². The predicted molar refractivity (Wildman–Crippen MR) is 81.8 cm³/mol. The van der Waals surface area contributed by atoms with Crippen molar-refractivity contribution in [2.75, 3.05) is 5.32 Å². The number of nitrogens with one attached hydrogen (secondary N) is 1. The van der Waals surface area contributed by atoms with Crippen molar-refractivity contribution in [2.24, 2.45) is 11.8 Å². The number of amides is 1. The molecule has 1 N–H and O–H groups in total. The first-order valence-electron chi connectivity index (χ1n) is 6.64. The summed E-state index contributed by atoms with van der Waals surface area (Å²) in [5.41, 5.74) is 0.634. The molecular weight excluding hydrogens is 309 g/mol. The van der Waals surface area contributed by atoms with E-state index in [-0.39, 0.29) is 17.6 Å². The van der Waals surface area contributed by atoms with Crippen LogP contribution < -0.4 is 5.32 Å². The van der Waals surface area contributed by atoms with Crippen molar-refractivity contribution in [2.45, 2.75) is 23.4 Å².